The SMILES string of the molecule is Cc1cc(C)cc(C(=O)Cn2nc(N)n(Nc3ccncc3)c2=S)c1. The third-order valence-corrected chi connectivity index (χ3v) is 4.02. The van der Waals surface area contributed by atoms with E-state index in [1.165, 1.54) is 9.36 Å². The summed E-state index contributed by atoms with van der Waals surface area (Å²) < 4.78 is 3.19. The number of nitrogens with one attached hydrogen (secondary N) is 1. The fourth-order valence-corrected chi connectivity index (χ4v) is 2.80. The molecule has 0 aliphatic carbocycles. The molecule has 0 saturated heterocycles. The van der Waals surface area contributed by atoms with Crippen LogP contribution in [-0.4, -0.2) is 25.2 Å². The Morgan fingerprint density at radius 3 is 2.48 bits per heavy atom. The van der Waals surface area contributed by atoms with E-state index < -0.39 is 0 Å². The second kappa shape index (κ2) is 6.86. The average molecular weight is 354 g/mol. The van der Waals surface area contributed by atoms with Crippen molar-refractivity contribution in [3.05, 3.63) is 64.2 Å². The van der Waals surface area contributed by atoms with Gasteiger partial charge in [-0.2, -0.15) is 4.68 Å². The summed E-state index contributed by atoms with van der Waals surface area (Å²) in [7, 11) is 0. The molecule has 0 amide bonds. The van der Waals surface area contributed by atoms with Crippen molar-refractivity contribution in [3.63, 3.8) is 0 Å². The summed E-state index contributed by atoms with van der Waals surface area (Å²) in [5.74, 6) is 0.103. The van der Waals surface area contributed by atoms with E-state index in [0.29, 0.717) is 10.3 Å². The van der Waals surface area contributed by atoms with Gasteiger partial charge >= 0.3 is 0 Å². The second-order valence-electron chi connectivity index (χ2n) is 5.78. The highest BCUT2D eigenvalue weighted by molar-refractivity contribution is 7.71. The number of aromatic nitrogens is 4. The van der Waals surface area contributed by atoms with Crippen molar-refractivity contribution in [1.82, 2.24) is 19.4 Å². The molecule has 3 N–H and O–H groups in total. The maximum Gasteiger partial charge on any atom is 0.240 e. The maximum atomic E-state index is 12.6. The first kappa shape index (κ1) is 16.8. The summed E-state index contributed by atoms with van der Waals surface area (Å²) in [4.78, 5) is 16.5. The van der Waals surface area contributed by atoms with Crippen molar-refractivity contribution in [2.24, 2.45) is 0 Å². The predicted octanol–water partition coefficient (Wildman–Crippen LogP) is 2.77. The summed E-state index contributed by atoms with van der Waals surface area (Å²) >= 11 is 5.38. The largest absolute Gasteiger partial charge is 0.366 e. The molecule has 7 nitrogen and oxygen atoms in total. The van der Waals surface area contributed by atoms with E-state index in [4.69, 9.17) is 18.0 Å². The Morgan fingerprint density at radius 1 is 1.20 bits per heavy atom. The summed E-state index contributed by atoms with van der Waals surface area (Å²) in [5.41, 5.74) is 12.4. The first-order chi connectivity index (χ1) is 11.9. The van der Waals surface area contributed by atoms with Crippen molar-refractivity contribution in [2.75, 3.05) is 11.2 Å². The highest BCUT2D eigenvalue weighted by atomic mass is 32.1. The fourth-order valence-electron chi connectivity index (χ4n) is 2.55. The standard InChI is InChI=1S/C17H18N6OS/c1-11-7-12(2)9-13(8-11)15(24)10-22-17(25)23(16(18)21-22)20-14-3-5-19-6-4-14/h3-9H,10H2,1-2H3,(H2,18,21)(H,19,20). The Morgan fingerprint density at radius 2 is 1.84 bits per heavy atom. The van der Waals surface area contributed by atoms with Gasteiger partial charge in [-0.15, -0.1) is 5.10 Å². The normalized spacial score (nSPS) is 10.6. The molecular formula is C17H18N6OS. The van der Waals surface area contributed by atoms with E-state index in [1.54, 1.807) is 24.5 Å². The van der Waals surface area contributed by atoms with Crippen LogP contribution in [0.2, 0.25) is 0 Å². The summed E-state index contributed by atoms with van der Waals surface area (Å²) in [6.45, 7) is 3.94. The minimum atomic E-state index is -0.0727. The minimum absolute atomic E-state index is 0.0248. The molecule has 0 radical (unpaired) electrons. The number of carbonyl (C=O) groups excluding carboxylic acids is 1. The Kier molecular flexibility index (Phi) is 4.62. The Bertz CT molecular complexity index is 956. The molecule has 0 unspecified atom stereocenters. The zero-order valence-electron chi connectivity index (χ0n) is 13.9. The molecule has 0 saturated carbocycles. The van der Waals surface area contributed by atoms with Crippen LogP contribution in [0.25, 0.3) is 0 Å². The van der Waals surface area contributed by atoms with E-state index >= 15 is 0 Å². The summed E-state index contributed by atoms with van der Waals surface area (Å²) in [5, 5.41) is 4.17. The molecule has 0 spiro atoms. The molecular weight excluding hydrogens is 336 g/mol. The zero-order valence-corrected chi connectivity index (χ0v) is 14.7. The molecule has 0 bridgehead atoms. The van der Waals surface area contributed by atoms with Crippen molar-refractivity contribution < 1.29 is 4.79 Å². The van der Waals surface area contributed by atoms with Crippen LogP contribution in [0.15, 0.2) is 42.7 Å². The Hall–Kier alpha value is -3.00. The van der Waals surface area contributed by atoms with Gasteiger partial charge in [-0.3, -0.25) is 15.2 Å². The van der Waals surface area contributed by atoms with Crippen LogP contribution in [0.4, 0.5) is 11.6 Å². The lowest BCUT2D eigenvalue weighted by atomic mass is 10.0. The number of hydrogen-bond donors (Lipinski definition) is 2. The highest BCUT2D eigenvalue weighted by Gasteiger charge is 2.13. The number of nitrogens with two attached hydrogens (primary N) is 1. The van der Waals surface area contributed by atoms with Gasteiger partial charge in [0.15, 0.2) is 5.78 Å². The highest BCUT2D eigenvalue weighted by Crippen LogP contribution is 2.12. The number of pyridine rings is 1. The van der Waals surface area contributed by atoms with Gasteiger partial charge in [-0.25, -0.2) is 4.68 Å². The predicted molar refractivity (Wildman–Crippen MR) is 99.0 cm³/mol. The Labute approximate surface area is 150 Å². The van der Waals surface area contributed by atoms with Crippen LogP contribution < -0.4 is 11.2 Å². The number of hydrogen-bond acceptors (Lipinski definition) is 6. The van der Waals surface area contributed by atoms with Gasteiger partial charge < -0.3 is 5.73 Å². The number of benzene rings is 1. The first-order valence-corrected chi connectivity index (χ1v) is 8.09. The number of aryl methyl sites for hydroxylation is 2. The lowest BCUT2D eigenvalue weighted by Crippen LogP contribution is -2.15. The molecule has 0 fully saturated rings. The maximum absolute atomic E-state index is 12.6. The number of nitrogen functional groups attached to an aromatic ring is 1. The molecule has 128 valence electrons. The first-order valence-electron chi connectivity index (χ1n) is 7.68. The number of carbonyl (C=O) groups is 1. The number of Topliss-reactive ketones (excluding diaryl/α,β-unsaturated/α-hetero) is 1. The van der Waals surface area contributed by atoms with Crippen molar-refractivity contribution in [3.8, 4) is 0 Å². The van der Waals surface area contributed by atoms with Gasteiger partial charge in [0.25, 0.3) is 0 Å². The fraction of sp³-hybridized carbons (Fsp3) is 0.176. The molecule has 3 rings (SSSR count). The average Bonchev–Trinajstić information content (AvgIpc) is 2.82. The molecule has 2 aromatic heterocycles. The van der Waals surface area contributed by atoms with Gasteiger partial charge in [0.2, 0.25) is 10.7 Å². The van der Waals surface area contributed by atoms with Crippen molar-refractivity contribution in [1.29, 1.82) is 0 Å². The third-order valence-electron chi connectivity index (χ3n) is 3.62. The van der Waals surface area contributed by atoms with Gasteiger partial charge in [0, 0.05) is 18.0 Å². The third kappa shape index (κ3) is 3.74. The number of nitrogens with zero attached hydrogens (tertiary/aromatic N) is 4. The molecule has 0 aliphatic rings. The minimum Gasteiger partial charge on any atom is -0.366 e. The monoisotopic (exact) mass is 354 g/mol. The summed E-state index contributed by atoms with van der Waals surface area (Å²) in [6.07, 6.45) is 3.30. The number of anilines is 2. The number of ketones is 1. The van der Waals surface area contributed by atoms with Gasteiger partial charge in [-0.05, 0) is 50.3 Å². The molecule has 0 aliphatic heterocycles. The molecule has 2 heterocycles. The molecule has 3 aromatic rings. The van der Waals surface area contributed by atoms with E-state index in [9.17, 15) is 4.79 Å². The van der Waals surface area contributed by atoms with Crippen LogP contribution in [0.5, 0.6) is 0 Å². The lowest BCUT2D eigenvalue weighted by molar-refractivity contribution is 0.0967. The lowest BCUT2D eigenvalue weighted by Gasteiger charge is -2.07. The van der Waals surface area contributed by atoms with Crippen LogP contribution in [0, 0.1) is 18.6 Å². The van der Waals surface area contributed by atoms with Gasteiger partial charge in [0.05, 0.1) is 5.69 Å². The molecule has 8 heteroatoms. The second-order valence-corrected chi connectivity index (χ2v) is 6.15. The van der Waals surface area contributed by atoms with Crippen molar-refractivity contribution >= 4 is 29.6 Å². The van der Waals surface area contributed by atoms with Crippen LogP contribution in [-0.2, 0) is 6.54 Å². The van der Waals surface area contributed by atoms with Crippen LogP contribution in [0.3, 0.4) is 0 Å². The molecule has 25 heavy (non-hydrogen) atoms. The number of rotatable bonds is 5. The smallest absolute Gasteiger partial charge is 0.240 e. The summed E-state index contributed by atoms with van der Waals surface area (Å²) in [6, 6.07) is 9.29. The Balaban J connectivity index is 1.85. The van der Waals surface area contributed by atoms with Crippen LogP contribution >= 0.6 is 12.2 Å². The zero-order chi connectivity index (χ0) is 18.0. The quantitative estimate of drug-likeness (QED) is 0.541. The van der Waals surface area contributed by atoms with E-state index in [2.05, 4.69) is 15.5 Å². The molecule has 1 aromatic carbocycles. The van der Waals surface area contributed by atoms with Gasteiger partial charge in [0.1, 0.15) is 6.54 Å². The van der Waals surface area contributed by atoms with E-state index in [0.717, 1.165) is 16.8 Å². The molecule has 0 atom stereocenters. The van der Waals surface area contributed by atoms with Crippen molar-refractivity contribution in [2.45, 2.75) is 20.4 Å². The van der Waals surface area contributed by atoms with E-state index in [-0.39, 0.29) is 18.3 Å². The van der Waals surface area contributed by atoms with Gasteiger partial charge in [-0.1, -0.05) is 17.2 Å². The van der Waals surface area contributed by atoms with E-state index in [1.807, 2.05) is 32.0 Å². The topological polar surface area (TPSA) is 90.8 Å². The van der Waals surface area contributed by atoms with Crippen LogP contribution in [0.1, 0.15) is 21.5 Å².